The second kappa shape index (κ2) is 10.4. The lowest BCUT2D eigenvalue weighted by atomic mass is 9.52. The average Bonchev–Trinajstić information content (AvgIpc) is 3.20. The number of hydrogen-bond donors (Lipinski definition) is 0. The maximum Gasteiger partial charge on any atom is 0.416 e. The van der Waals surface area contributed by atoms with Crippen LogP contribution in [0.3, 0.4) is 0 Å². The zero-order chi connectivity index (χ0) is 32.5. The van der Waals surface area contributed by atoms with Crippen LogP contribution in [0, 0.1) is 22.2 Å². The summed E-state index contributed by atoms with van der Waals surface area (Å²) in [5.74, 6) is 0. The molecule has 0 aromatic heterocycles. The number of nitrogens with zero attached hydrogens (tertiary/aromatic N) is 2. The molecule has 0 saturated heterocycles. The fourth-order valence-electron chi connectivity index (χ4n) is 8.12. The maximum atomic E-state index is 14.8. The van der Waals surface area contributed by atoms with E-state index in [9.17, 15) is 26.9 Å². The van der Waals surface area contributed by atoms with Crippen molar-refractivity contribution in [1.82, 2.24) is 0 Å². The lowest BCUT2D eigenvalue weighted by Gasteiger charge is -2.49. The van der Waals surface area contributed by atoms with Crippen LogP contribution in [0.4, 0.5) is 18.9 Å². The summed E-state index contributed by atoms with van der Waals surface area (Å²) in [6.07, 6.45) is -1.16. The van der Waals surface area contributed by atoms with Crippen molar-refractivity contribution in [2.75, 3.05) is 4.31 Å². The van der Waals surface area contributed by atoms with Crippen LogP contribution in [0.25, 0.3) is 11.1 Å². The Balaban J connectivity index is 1.70. The topological polar surface area (TPSA) is 61.2 Å². The van der Waals surface area contributed by atoms with Gasteiger partial charge in [-0.3, -0.25) is 4.31 Å². The molecule has 2 aliphatic rings. The highest BCUT2D eigenvalue weighted by molar-refractivity contribution is 7.93. The molecule has 0 bridgehead atoms. The Morgan fingerprint density at radius 3 is 2.07 bits per heavy atom. The van der Waals surface area contributed by atoms with Crippen LogP contribution in [-0.2, 0) is 27.0 Å². The third kappa shape index (κ3) is 4.83. The fourth-order valence-corrected chi connectivity index (χ4v) is 9.95. The lowest BCUT2D eigenvalue weighted by Crippen LogP contribution is -2.49. The van der Waals surface area contributed by atoms with Crippen molar-refractivity contribution >= 4 is 15.7 Å². The summed E-state index contributed by atoms with van der Waals surface area (Å²) in [6.45, 7) is 14.1. The van der Waals surface area contributed by atoms with Crippen LogP contribution in [0.2, 0.25) is 0 Å². The smallest absolute Gasteiger partial charge is 0.262 e. The molecule has 1 aliphatic carbocycles. The van der Waals surface area contributed by atoms with Crippen molar-refractivity contribution < 1.29 is 21.6 Å². The van der Waals surface area contributed by atoms with Gasteiger partial charge in [-0.05, 0) is 76.3 Å². The number of sulfonamides is 1. The van der Waals surface area contributed by atoms with Gasteiger partial charge in [-0.1, -0.05) is 97.7 Å². The van der Waals surface area contributed by atoms with Gasteiger partial charge in [0.2, 0.25) is 0 Å². The van der Waals surface area contributed by atoms with Gasteiger partial charge in [0, 0.05) is 5.41 Å². The van der Waals surface area contributed by atoms with Gasteiger partial charge < -0.3 is 0 Å². The number of rotatable bonds is 4. The van der Waals surface area contributed by atoms with Crippen molar-refractivity contribution in [3.63, 3.8) is 0 Å². The molecule has 0 amide bonds. The van der Waals surface area contributed by atoms with E-state index in [1.54, 1.807) is 36.4 Å². The van der Waals surface area contributed by atoms with Gasteiger partial charge in [-0.25, -0.2) is 8.42 Å². The number of benzene rings is 3. The largest absolute Gasteiger partial charge is 0.416 e. The molecule has 8 heteroatoms. The van der Waals surface area contributed by atoms with E-state index >= 15 is 0 Å². The summed E-state index contributed by atoms with van der Waals surface area (Å²) in [5.41, 5.74) is -0.254. The monoisotopic (exact) mass is 622 g/mol. The van der Waals surface area contributed by atoms with E-state index in [0.717, 1.165) is 37.0 Å². The van der Waals surface area contributed by atoms with Gasteiger partial charge in [0.15, 0.2) is 0 Å². The minimum atomic E-state index is -4.49. The SMILES string of the molecule is CC(C)(C)C(C#N)(c1cccc(S(=O)(=O)N2c3cc(-c4cccc(C(F)(F)F)c4)ccc3[C@]3(C)CCCC[C@H]23)c1)C(C)(C)C. The van der Waals surface area contributed by atoms with Crippen LogP contribution < -0.4 is 4.31 Å². The van der Waals surface area contributed by atoms with Crippen molar-refractivity contribution in [1.29, 1.82) is 5.26 Å². The summed E-state index contributed by atoms with van der Waals surface area (Å²) < 4.78 is 71.7. The molecular weight excluding hydrogens is 581 g/mol. The molecule has 5 rings (SSSR count). The summed E-state index contributed by atoms with van der Waals surface area (Å²) in [7, 11) is -4.13. The first-order chi connectivity index (χ1) is 20.3. The van der Waals surface area contributed by atoms with E-state index in [-0.39, 0.29) is 10.9 Å². The molecule has 1 fully saturated rings. The lowest BCUT2D eigenvalue weighted by molar-refractivity contribution is -0.137. The van der Waals surface area contributed by atoms with Crippen molar-refractivity contribution in [3.05, 3.63) is 83.4 Å². The van der Waals surface area contributed by atoms with Crippen molar-refractivity contribution in [3.8, 4) is 17.2 Å². The van der Waals surface area contributed by atoms with E-state index < -0.39 is 43.4 Å². The molecule has 0 unspecified atom stereocenters. The molecule has 3 aromatic carbocycles. The Labute approximate surface area is 260 Å². The predicted molar refractivity (Wildman–Crippen MR) is 169 cm³/mol. The van der Waals surface area contributed by atoms with Gasteiger partial charge in [-0.2, -0.15) is 18.4 Å². The maximum absolute atomic E-state index is 14.8. The fraction of sp³-hybridized carbons (Fsp3) is 0.472. The van der Waals surface area contributed by atoms with Crippen LogP contribution in [0.15, 0.2) is 71.6 Å². The van der Waals surface area contributed by atoms with Crippen LogP contribution in [-0.4, -0.2) is 14.5 Å². The Bertz CT molecular complexity index is 1730. The Kier molecular flexibility index (Phi) is 7.56. The van der Waals surface area contributed by atoms with Gasteiger partial charge in [-0.15, -0.1) is 0 Å². The van der Waals surface area contributed by atoms with E-state index in [2.05, 4.69) is 13.0 Å². The molecule has 2 atom stereocenters. The molecule has 0 radical (unpaired) electrons. The Morgan fingerprint density at radius 2 is 1.45 bits per heavy atom. The van der Waals surface area contributed by atoms with Gasteiger partial charge in [0.05, 0.1) is 33.7 Å². The Morgan fingerprint density at radius 1 is 0.841 bits per heavy atom. The van der Waals surface area contributed by atoms with Crippen LogP contribution in [0.5, 0.6) is 0 Å². The minimum absolute atomic E-state index is 0.105. The van der Waals surface area contributed by atoms with E-state index in [1.165, 1.54) is 10.4 Å². The molecule has 1 heterocycles. The number of anilines is 1. The molecule has 1 aliphatic heterocycles. The number of nitriles is 1. The Hall–Kier alpha value is -3.31. The molecule has 0 spiro atoms. The molecule has 0 N–H and O–H groups in total. The second-order valence-corrected chi connectivity index (χ2v) is 16.5. The quantitative estimate of drug-likeness (QED) is 0.291. The van der Waals surface area contributed by atoms with Gasteiger partial charge in [0.25, 0.3) is 10.0 Å². The molecule has 1 saturated carbocycles. The normalized spacial score (nSPS) is 21.0. The van der Waals surface area contributed by atoms with E-state index in [4.69, 9.17) is 0 Å². The molecule has 234 valence electrons. The van der Waals surface area contributed by atoms with E-state index in [0.29, 0.717) is 28.8 Å². The summed E-state index contributed by atoms with van der Waals surface area (Å²) >= 11 is 0. The number of fused-ring (bicyclic) bond motifs is 3. The highest BCUT2D eigenvalue weighted by atomic mass is 32.2. The first kappa shape index (κ1) is 32.1. The first-order valence-corrected chi connectivity index (χ1v) is 16.6. The molecule has 44 heavy (non-hydrogen) atoms. The highest BCUT2D eigenvalue weighted by Gasteiger charge is 2.55. The summed E-state index contributed by atoms with van der Waals surface area (Å²) in [6, 6.07) is 19.6. The second-order valence-electron chi connectivity index (χ2n) is 14.7. The third-order valence-corrected chi connectivity index (χ3v) is 11.9. The molecular formula is C36H41F3N2O2S. The van der Waals surface area contributed by atoms with Crippen molar-refractivity contribution in [2.45, 2.75) is 102 Å². The highest BCUT2D eigenvalue weighted by Crippen LogP contribution is 2.56. The molecule has 3 aromatic rings. The summed E-state index contributed by atoms with van der Waals surface area (Å²) in [5, 5.41) is 10.7. The predicted octanol–water partition coefficient (Wildman–Crippen LogP) is 9.64. The van der Waals surface area contributed by atoms with E-state index in [1.807, 2.05) is 53.7 Å². The number of alkyl halides is 3. The molecule has 4 nitrogen and oxygen atoms in total. The average molecular weight is 623 g/mol. The van der Waals surface area contributed by atoms with Crippen LogP contribution >= 0.6 is 0 Å². The van der Waals surface area contributed by atoms with Crippen LogP contribution in [0.1, 0.15) is 90.8 Å². The minimum Gasteiger partial charge on any atom is -0.262 e. The summed E-state index contributed by atoms with van der Waals surface area (Å²) in [4.78, 5) is 0.105. The number of halogens is 3. The zero-order valence-corrected chi connectivity index (χ0v) is 27.3. The first-order valence-electron chi connectivity index (χ1n) is 15.2. The standard InChI is InChI=1S/C36H41F3N2O2S/c1-32(2,3)35(23-40,33(4,5)6)26-13-11-15-28(22-26)44(42,43)41-30-21-25(24-12-10-14-27(20-24)36(37,38)39)17-18-29(30)34(7)19-9-8-16-31(34)41/h10-15,17-18,20-22,31H,8-9,16,19H2,1-7H3/t31-,34-/m0/s1. The third-order valence-electron chi connectivity index (χ3n) is 10.1. The van der Waals surface area contributed by atoms with Gasteiger partial charge in [0.1, 0.15) is 0 Å². The van der Waals surface area contributed by atoms with Crippen molar-refractivity contribution in [2.24, 2.45) is 10.8 Å². The number of hydrogen-bond acceptors (Lipinski definition) is 3. The zero-order valence-electron chi connectivity index (χ0n) is 26.5. The van der Waals surface area contributed by atoms with Gasteiger partial charge >= 0.3 is 6.18 Å².